The molecule has 0 aliphatic rings. The molecule has 0 fully saturated rings. The minimum absolute atomic E-state index is 0.965. The zero-order valence-corrected chi connectivity index (χ0v) is 8.53. The Labute approximate surface area is 85.9 Å². The van der Waals surface area contributed by atoms with Crippen molar-refractivity contribution in [1.29, 1.82) is 0 Å². The predicted molar refractivity (Wildman–Crippen MR) is 59.8 cm³/mol. The summed E-state index contributed by atoms with van der Waals surface area (Å²) in [5.41, 5.74) is 0.965. The second kappa shape index (κ2) is 6.91. The Kier molecular flexibility index (Phi) is 5.20. The average Bonchev–Trinajstić information content (AvgIpc) is 2.25. The molecule has 14 heavy (non-hydrogen) atoms. The van der Waals surface area contributed by atoms with Crippen molar-refractivity contribution in [1.82, 2.24) is 4.98 Å². The van der Waals surface area contributed by atoms with E-state index in [1.54, 1.807) is 12.4 Å². The number of hydrogen-bond donors (Lipinski definition) is 0. The van der Waals surface area contributed by atoms with Gasteiger partial charge in [0.15, 0.2) is 0 Å². The third-order valence-corrected chi connectivity index (χ3v) is 1.80. The summed E-state index contributed by atoms with van der Waals surface area (Å²) in [6, 6.07) is 3.85. The summed E-state index contributed by atoms with van der Waals surface area (Å²) in [5, 5.41) is 0. The van der Waals surface area contributed by atoms with Gasteiger partial charge in [0, 0.05) is 18.0 Å². The Bertz CT molecular complexity index is 327. The zero-order chi connectivity index (χ0) is 10.1. The van der Waals surface area contributed by atoms with E-state index in [4.69, 9.17) is 0 Å². The molecule has 0 N–H and O–H groups in total. The van der Waals surface area contributed by atoms with E-state index < -0.39 is 0 Å². The van der Waals surface area contributed by atoms with Gasteiger partial charge in [-0.05, 0) is 24.6 Å². The number of unbranched alkanes of at least 4 members (excludes halogenated alkanes) is 2. The number of rotatable bonds is 3. The molecule has 1 heteroatoms. The van der Waals surface area contributed by atoms with E-state index in [9.17, 15) is 0 Å². The van der Waals surface area contributed by atoms with Crippen LogP contribution in [0.25, 0.3) is 0 Å². The summed E-state index contributed by atoms with van der Waals surface area (Å²) in [6.07, 6.45) is 11.2. The quantitative estimate of drug-likeness (QED) is 0.520. The highest BCUT2D eigenvalue weighted by Crippen LogP contribution is 1.94. The van der Waals surface area contributed by atoms with Crippen molar-refractivity contribution >= 4 is 0 Å². The van der Waals surface area contributed by atoms with Crippen LogP contribution in [0.3, 0.4) is 0 Å². The Morgan fingerprint density at radius 2 is 2.43 bits per heavy atom. The molecule has 0 aromatic carbocycles. The largest absolute Gasteiger partial charge is 0.263 e. The van der Waals surface area contributed by atoms with Gasteiger partial charge in [0.1, 0.15) is 0 Å². The summed E-state index contributed by atoms with van der Waals surface area (Å²) < 4.78 is 0. The van der Waals surface area contributed by atoms with Gasteiger partial charge in [0.05, 0.1) is 0 Å². The van der Waals surface area contributed by atoms with Crippen molar-refractivity contribution in [2.45, 2.75) is 26.2 Å². The molecule has 0 spiro atoms. The molecule has 0 aliphatic carbocycles. The molecule has 0 amide bonds. The van der Waals surface area contributed by atoms with Crippen LogP contribution in [0.15, 0.2) is 36.7 Å². The van der Waals surface area contributed by atoms with Crippen LogP contribution in [0.5, 0.6) is 0 Å². The minimum Gasteiger partial charge on any atom is -0.263 e. The van der Waals surface area contributed by atoms with Gasteiger partial charge in [-0.1, -0.05) is 37.7 Å². The van der Waals surface area contributed by atoms with Crippen molar-refractivity contribution in [3.8, 4) is 11.8 Å². The molecule has 0 unspecified atom stereocenters. The van der Waals surface area contributed by atoms with Crippen LogP contribution in [0.2, 0.25) is 0 Å². The molecule has 1 rings (SSSR count). The fraction of sp³-hybridized carbons (Fsp3) is 0.308. The molecular weight excluding hydrogens is 170 g/mol. The summed E-state index contributed by atoms with van der Waals surface area (Å²) >= 11 is 0. The molecule has 0 atom stereocenters. The first kappa shape index (κ1) is 10.5. The Hall–Kier alpha value is -1.55. The second-order valence-electron chi connectivity index (χ2n) is 3.06. The Balaban J connectivity index is 2.37. The molecule has 1 aromatic rings. The summed E-state index contributed by atoms with van der Waals surface area (Å²) in [5.74, 6) is 6.01. The van der Waals surface area contributed by atoms with Crippen LogP contribution >= 0.6 is 0 Å². The predicted octanol–water partition coefficient (Wildman–Crippen LogP) is 3.18. The van der Waals surface area contributed by atoms with Gasteiger partial charge in [-0.25, -0.2) is 0 Å². The molecule has 72 valence electrons. The first-order chi connectivity index (χ1) is 6.93. The van der Waals surface area contributed by atoms with Gasteiger partial charge in [-0.2, -0.15) is 0 Å². The summed E-state index contributed by atoms with van der Waals surface area (Å²) in [7, 11) is 0. The van der Waals surface area contributed by atoms with Gasteiger partial charge in [0.2, 0.25) is 0 Å². The molecule has 0 bridgehead atoms. The smallest absolute Gasteiger partial charge is 0.0432 e. The van der Waals surface area contributed by atoms with Crippen molar-refractivity contribution in [3.63, 3.8) is 0 Å². The van der Waals surface area contributed by atoms with E-state index in [0.717, 1.165) is 12.0 Å². The van der Waals surface area contributed by atoms with Crippen molar-refractivity contribution in [2.24, 2.45) is 0 Å². The Morgan fingerprint density at radius 3 is 3.14 bits per heavy atom. The van der Waals surface area contributed by atoms with Crippen LogP contribution in [0.4, 0.5) is 0 Å². The normalized spacial score (nSPS) is 9.79. The molecule has 0 saturated heterocycles. The molecule has 1 heterocycles. The first-order valence-electron chi connectivity index (χ1n) is 5.00. The van der Waals surface area contributed by atoms with E-state index in [2.05, 4.69) is 29.8 Å². The van der Waals surface area contributed by atoms with Crippen LogP contribution in [-0.4, -0.2) is 4.98 Å². The maximum absolute atomic E-state index is 3.99. The maximum Gasteiger partial charge on any atom is 0.0432 e. The van der Waals surface area contributed by atoms with E-state index >= 15 is 0 Å². The zero-order valence-electron chi connectivity index (χ0n) is 8.53. The third-order valence-electron chi connectivity index (χ3n) is 1.80. The average molecular weight is 185 g/mol. The van der Waals surface area contributed by atoms with Crippen molar-refractivity contribution < 1.29 is 0 Å². The van der Waals surface area contributed by atoms with Crippen molar-refractivity contribution in [2.75, 3.05) is 0 Å². The van der Waals surface area contributed by atoms with E-state index in [0.29, 0.717) is 0 Å². The summed E-state index contributed by atoms with van der Waals surface area (Å²) in [4.78, 5) is 3.99. The highest BCUT2D eigenvalue weighted by atomic mass is 14.6. The number of aromatic nitrogens is 1. The highest BCUT2D eigenvalue weighted by Gasteiger charge is 1.80. The van der Waals surface area contributed by atoms with E-state index in [1.807, 2.05) is 18.2 Å². The lowest BCUT2D eigenvalue weighted by Gasteiger charge is -1.85. The van der Waals surface area contributed by atoms with Gasteiger partial charge < -0.3 is 0 Å². The maximum atomic E-state index is 3.99. The molecule has 0 saturated carbocycles. The van der Waals surface area contributed by atoms with Crippen LogP contribution in [0, 0.1) is 11.8 Å². The molecular formula is C13H15N. The third kappa shape index (κ3) is 4.47. The fourth-order valence-corrected chi connectivity index (χ4v) is 1.03. The Morgan fingerprint density at radius 1 is 1.50 bits per heavy atom. The van der Waals surface area contributed by atoms with Crippen LogP contribution in [-0.2, 0) is 0 Å². The van der Waals surface area contributed by atoms with Crippen LogP contribution < -0.4 is 0 Å². The minimum atomic E-state index is 0.965. The van der Waals surface area contributed by atoms with Gasteiger partial charge in [-0.3, -0.25) is 4.98 Å². The van der Waals surface area contributed by atoms with Crippen molar-refractivity contribution in [3.05, 3.63) is 42.2 Å². The lowest BCUT2D eigenvalue weighted by atomic mass is 10.2. The standard InChI is InChI=1S/C13H15N/c1-2-3-4-5-6-7-9-13-10-8-11-14-12-13/h5-6,8,10-12H,2-4H2,1H3/b6-5-. The molecule has 0 radical (unpaired) electrons. The molecule has 1 nitrogen and oxygen atoms in total. The SMILES string of the molecule is CCCC/C=C\C#Cc1cccnc1. The lowest BCUT2D eigenvalue weighted by molar-refractivity contribution is 0.815. The number of nitrogens with zero attached hydrogens (tertiary/aromatic N) is 1. The van der Waals surface area contributed by atoms with Gasteiger partial charge in [0.25, 0.3) is 0 Å². The lowest BCUT2D eigenvalue weighted by Crippen LogP contribution is -1.73. The number of allylic oxidation sites excluding steroid dienone is 2. The monoisotopic (exact) mass is 185 g/mol. The molecule has 1 aromatic heterocycles. The van der Waals surface area contributed by atoms with Gasteiger partial charge >= 0.3 is 0 Å². The molecule has 0 aliphatic heterocycles. The van der Waals surface area contributed by atoms with E-state index in [1.165, 1.54) is 12.8 Å². The summed E-state index contributed by atoms with van der Waals surface area (Å²) in [6.45, 7) is 2.19. The number of pyridine rings is 1. The van der Waals surface area contributed by atoms with E-state index in [-0.39, 0.29) is 0 Å². The second-order valence-corrected chi connectivity index (χ2v) is 3.06. The highest BCUT2D eigenvalue weighted by molar-refractivity contribution is 5.34. The fourth-order valence-electron chi connectivity index (χ4n) is 1.03. The van der Waals surface area contributed by atoms with Crippen LogP contribution in [0.1, 0.15) is 31.7 Å². The first-order valence-corrected chi connectivity index (χ1v) is 5.00. The van der Waals surface area contributed by atoms with Gasteiger partial charge in [-0.15, -0.1) is 0 Å². The topological polar surface area (TPSA) is 12.9 Å². The number of hydrogen-bond acceptors (Lipinski definition) is 1.